The highest BCUT2D eigenvalue weighted by Gasteiger charge is 2.16. The van der Waals surface area contributed by atoms with Crippen molar-refractivity contribution in [2.24, 2.45) is 5.73 Å². The predicted molar refractivity (Wildman–Crippen MR) is 73.8 cm³/mol. The molecule has 0 aliphatic rings. The number of hydrogen-bond donors (Lipinski definition) is 3. The van der Waals surface area contributed by atoms with Crippen LogP contribution in [0.4, 0.5) is 5.69 Å². The number of primary amides is 1. The highest BCUT2D eigenvalue weighted by atomic mass is 16.5. The van der Waals surface area contributed by atoms with Crippen molar-refractivity contribution in [3.8, 4) is 0 Å². The highest BCUT2D eigenvalue weighted by molar-refractivity contribution is 5.99. The summed E-state index contributed by atoms with van der Waals surface area (Å²) in [7, 11) is 1.44. The van der Waals surface area contributed by atoms with E-state index in [4.69, 9.17) is 15.6 Å². The molecule has 1 aromatic rings. The maximum absolute atomic E-state index is 11.5. The molecule has 0 bridgehead atoms. The summed E-state index contributed by atoms with van der Waals surface area (Å²) in [6.07, 6.45) is -0.625. The zero-order valence-electron chi connectivity index (χ0n) is 11.8. The van der Waals surface area contributed by atoms with Crippen LogP contribution in [0.5, 0.6) is 0 Å². The minimum atomic E-state index is -0.948. The fourth-order valence-electron chi connectivity index (χ4n) is 1.94. The van der Waals surface area contributed by atoms with Crippen LogP contribution in [0.1, 0.15) is 28.2 Å². The number of carboxylic acids is 1. The maximum Gasteiger partial charge on any atom is 0.306 e. The second-order valence-corrected chi connectivity index (χ2v) is 4.47. The summed E-state index contributed by atoms with van der Waals surface area (Å²) in [5.74, 6) is -1.53. The molecule has 0 saturated heterocycles. The molecule has 110 valence electrons. The fourth-order valence-corrected chi connectivity index (χ4v) is 1.94. The normalized spacial score (nSPS) is 11.9. The number of rotatable bonds is 7. The Labute approximate surface area is 117 Å². The number of amides is 1. The van der Waals surface area contributed by atoms with Gasteiger partial charge in [-0.3, -0.25) is 14.6 Å². The van der Waals surface area contributed by atoms with E-state index in [1.54, 1.807) is 19.9 Å². The number of nitrogens with zero attached hydrogens (tertiary/aromatic N) is 1. The van der Waals surface area contributed by atoms with Crippen molar-refractivity contribution < 1.29 is 19.4 Å². The molecule has 0 aliphatic heterocycles. The van der Waals surface area contributed by atoms with Gasteiger partial charge in [0.2, 0.25) is 0 Å². The predicted octanol–water partition coefficient (Wildman–Crippen LogP) is 0.699. The number of carbonyl (C=O) groups excluding carboxylic acids is 1. The van der Waals surface area contributed by atoms with Gasteiger partial charge in [0.25, 0.3) is 5.91 Å². The van der Waals surface area contributed by atoms with Gasteiger partial charge in [-0.1, -0.05) is 0 Å². The van der Waals surface area contributed by atoms with Crippen LogP contribution in [0.3, 0.4) is 0 Å². The van der Waals surface area contributed by atoms with Crippen LogP contribution in [0.2, 0.25) is 0 Å². The first-order valence-electron chi connectivity index (χ1n) is 6.11. The molecule has 0 spiro atoms. The topological polar surface area (TPSA) is 115 Å². The van der Waals surface area contributed by atoms with Crippen molar-refractivity contribution in [2.45, 2.75) is 26.4 Å². The van der Waals surface area contributed by atoms with Crippen LogP contribution in [-0.2, 0) is 9.53 Å². The van der Waals surface area contributed by atoms with Gasteiger partial charge in [0.1, 0.15) is 0 Å². The number of aryl methyl sites for hydroxylation is 2. The molecule has 7 heteroatoms. The lowest BCUT2D eigenvalue weighted by Gasteiger charge is -2.17. The van der Waals surface area contributed by atoms with Gasteiger partial charge in [-0.25, -0.2) is 0 Å². The Morgan fingerprint density at radius 2 is 2.15 bits per heavy atom. The lowest BCUT2D eigenvalue weighted by atomic mass is 10.1. The van der Waals surface area contributed by atoms with E-state index in [-0.39, 0.29) is 13.0 Å². The van der Waals surface area contributed by atoms with Crippen LogP contribution in [0, 0.1) is 13.8 Å². The number of aliphatic carboxylic acids is 1. The van der Waals surface area contributed by atoms with Gasteiger partial charge in [-0.2, -0.15) is 0 Å². The molecule has 4 N–H and O–H groups in total. The van der Waals surface area contributed by atoms with Gasteiger partial charge in [0.15, 0.2) is 0 Å². The molecular formula is C13H19N3O4. The summed E-state index contributed by atoms with van der Waals surface area (Å²) < 4.78 is 5.07. The van der Waals surface area contributed by atoms with E-state index < -0.39 is 18.0 Å². The summed E-state index contributed by atoms with van der Waals surface area (Å²) in [4.78, 5) is 26.3. The molecule has 1 atom stereocenters. The third-order valence-corrected chi connectivity index (χ3v) is 2.83. The van der Waals surface area contributed by atoms with Gasteiger partial charge in [0, 0.05) is 19.3 Å². The molecule has 1 rings (SSSR count). The minimum absolute atomic E-state index is 0.127. The van der Waals surface area contributed by atoms with E-state index in [0.717, 1.165) is 5.69 Å². The number of pyridine rings is 1. The van der Waals surface area contributed by atoms with Gasteiger partial charge in [-0.15, -0.1) is 0 Å². The Hall–Kier alpha value is -2.15. The number of carboxylic acid groups (broad SMARTS) is 1. The van der Waals surface area contributed by atoms with Crippen molar-refractivity contribution >= 4 is 17.6 Å². The van der Waals surface area contributed by atoms with Crippen LogP contribution >= 0.6 is 0 Å². The van der Waals surface area contributed by atoms with Crippen molar-refractivity contribution in [1.82, 2.24) is 4.98 Å². The number of hydrogen-bond acceptors (Lipinski definition) is 5. The Bertz CT molecular complexity index is 517. The molecule has 0 aliphatic carbocycles. The Kier molecular flexibility index (Phi) is 5.45. The molecule has 0 radical (unpaired) electrons. The number of nitrogens with one attached hydrogen (secondary N) is 1. The van der Waals surface area contributed by atoms with E-state index in [1.807, 2.05) is 0 Å². The van der Waals surface area contributed by atoms with E-state index >= 15 is 0 Å². The first kappa shape index (κ1) is 15.9. The third kappa shape index (κ3) is 4.20. The van der Waals surface area contributed by atoms with Crippen LogP contribution in [0.25, 0.3) is 0 Å². The van der Waals surface area contributed by atoms with Crippen molar-refractivity contribution in [1.29, 1.82) is 0 Å². The van der Waals surface area contributed by atoms with Crippen molar-refractivity contribution in [3.05, 3.63) is 23.0 Å². The molecule has 1 amide bonds. The zero-order valence-corrected chi connectivity index (χ0v) is 11.8. The number of aromatic nitrogens is 1. The number of methoxy groups -OCH3 is 1. The molecule has 7 nitrogen and oxygen atoms in total. The lowest BCUT2D eigenvalue weighted by molar-refractivity contribution is -0.139. The molecule has 1 heterocycles. The summed E-state index contributed by atoms with van der Waals surface area (Å²) in [5, 5.41) is 11.8. The van der Waals surface area contributed by atoms with Crippen molar-refractivity contribution in [3.63, 3.8) is 0 Å². The van der Waals surface area contributed by atoms with E-state index in [2.05, 4.69) is 10.3 Å². The highest BCUT2D eigenvalue weighted by Crippen LogP contribution is 2.19. The molecule has 20 heavy (non-hydrogen) atoms. The average molecular weight is 281 g/mol. The molecular weight excluding hydrogens is 262 g/mol. The molecule has 0 fully saturated rings. The molecule has 0 saturated carbocycles. The van der Waals surface area contributed by atoms with Crippen LogP contribution < -0.4 is 11.1 Å². The quantitative estimate of drug-likeness (QED) is 0.677. The van der Waals surface area contributed by atoms with Gasteiger partial charge in [-0.05, 0) is 19.9 Å². The minimum Gasteiger partial charge on any atom is -0.481 e. The van der Waals surface area contributed by atoms with E-state index in [9.17, 15) is 9.59 Å². The second kappa shape index (κ2) is 6.85. The number of nitrogens with two attached hydrogens (primary N) is 1. The summed E-state index contributed by atoms with van der Waals surface area (Å²) in [6, 6.07) is 1.70. The monoisotopic (exact) mass is 281 g/mol. The Morgan fingerprint density at radius 1 is 1.50 bits per heavy atom. The molecule has 0 aromatic carbocycles. The van der Waals surface area contributed by atoms with Crippen LogP contribution in [-0.4, -0.2) is 41.7 Å². The fraction of sp³-hybridized carbons (Fsp3) is 0.462. The van der Waals surface area contributed by atoms with E-state index in [1.165, 1.54) is 7.11 Å². The maximum atomic E-state index is 11.5. The number of carbonyl (C=O) groups is 2. The van der Waals surface area contributed by atoms with E-state index in [0.29, 0.717) is 16.9 Å². The first-order chi connectivity index (χ1) is 9.35. The Balaban J connectivity index is 2.91. The number of ether oxygens (including phenoxy) is 1. The van der Waals surface area contributed by atoms with Crippen molar-refractivity contribution in [2.75, 3.05) is 19.0 Å². The summed E-state index contributed by atoms with van der Waals surface area (Å²) >= 11 is 0. The standard InChI is InChI=1S/C13H19N3O4/c1-7-4-10(12(13(14)19)8(2)16-7)15-6-9(20-3)5-11(17)18/h4,9H,5-6H2,1-3H3,(H2,14,19)(H,15,16)(H,17,18). The number of anilines is 1. The SMILES string of the molecule is COC(CNc1cc(C)nc(C)c1C(N)=O)CC(=O)O. The van der Waals surface area contributed by atoms with Gasteiger partial charge < -0.3 is 20.9 Å². The largest absolute Gasteiger partial charge is 0.481 e. The second-order valence-electron chi connectivity index (χ2n) is 4.47. The third-order valence-electron chi connectivity index (χ3n) is 2.83. The zero-order chi connectivity index (χ0) is 15.3. The lowest BCUT2D eigenvalue weighted by Crippen LogP contribution is -2.26. The smallest absolute Gasteiger partial charge is 0.306 e. The summed E-state index contributed by atoms with van der Waals surface area (Å²) in [5.41, 5.74) is 7.46. The molecule has 1 unspecified atom stereocenters. The first-order valence-corrected chi connectivity index (χ1v) is 6.11. The summed E-state index contributed by atoms with van der Waals surface area (Å²) in [6.45, 7) is 3.75. The average Bonchev–Trinajstić information content (AvgIpc) is 2.32. The van der Waals surface area contributed by atoms with Crippen LogP contribution in [0.15, 0.2) is 6.07 Å². The van der Waals surface area contributed by atoms with Gasteiger partial charge >= 0.3 is 5.97 Å². The Morgan fingerprint density at radius 3 is 2.65 bits per heavy atom. The molecule has 1 aromatic heterocycles. The van der Waals surface area contributed by atoms with Gasteiger partial charge in [0.05, 0.1) is 29.5 Å².